The third-order valence-electron chi connectivity index (χ3n) is 7.43. The molecule has 0 spiro atoms. The number of nitrogens with zero attached hydrogens (tertiary/aromatic N) is 2. The monoisotopic (exact) mass is 628 g/mol. The number of thiazole rings is 1. The Balaban J connectivity index is 1.57. The molecule has 0 saturated heterocycles. The van der Waals surface area contributed by atoms with E-state index >= 15 is 0 Å². The molecule has 42 heavy (non-hydrogen) atoms. The summed E-state index contributed by atoms with van der Waals surface area (Å²) in [6.45, 7) is 9.85. The van der Waals surface area contributed by atoms with Gasteiger partial charge in [-0.25, -0.2) is 0 Å². The first kappa shape index (κ1) is 30.2. The summed E-state index contributed by atoms with van der Waals surface area (Å²) >= 11 is 1.38. The highest BCUT2D eigenvalue weighted by molar-refractivity contribution is 7.86. The van der Waals surface area contributed by atoms with Gasteiger partial charge in [0.2, 0.25) is 16.9 Å². The van der Waals surface area contributed by atoms with Crippen molar-refractivity contribution in [2.75, 3.05) is 17.2 Å². The molecule has 0 bridgehead atoms. The molecule has 221 valence electrons. The number of hydrogen-bond acceptors (Lipinski definition) is 7. The van der Waals surface area contributed by atoms with E-state index in [4.69, 9.17) is 4.74 Å². The van der Waals surface area contributed by atoms with E-state index in [0.29, 0.717) is 34.8 Å². The highest BCUT2D eigenvalue weighted by Gasteiger charge is 2.40. The van der Waals surface area contributed by atoms with E-state index in [1.807, 2.05) is 69.3 Å². The molecule has 2 heterocycles. The van der Waals surface area contributed by atoms with E-state index in [2.05, 4.69) is 6.92 Å². The molecule has 0 aliphatic carbocycles. The smallest absolute Gasteiger partial charge is 0.330 e. The maximum atomic E-state index is 12.9. The van der Waals surface area contributed by atoms with E-state index in [0.717, 1.165) is 26.6 Å². The fourth-order valence-electron chi connectivity index (χ4n) is 5.20. The third kappa shape index (κ3) is 6.09. The van der Waals surface area contributed by atoms with Crippen LogP contribution in [0.1, 0.15) is 29.8 Å². The minimum Gasteiger partial charge on any atom is -0.439 e. The molecule has 0 saturated carbocycles. The number of hydrogen-bond donors (Lipinski definition) is 2. The minimum absolute atomic E-state index is 0.0531. The molecule has 1 aromatic heterocycles. The predicted molar refractivity (Wildman–Crippen MR) is 166 cm³/mol. The highest BCUT2D eigenvalue weighted by Crippen LogP contribution is 2.41. The largest absolute Gasteiger partial charge is 0.439 e. The summed E-state index contributed by atoms with van der Waals surface area (Å²) in [4.78, 5) is 1.67. The Labute approximate surface area is 249 Å². The van der Waals surface area contributed by atoms with Crippen LogP contribution in [-0.2, 0) is 20.2 Å². The van der Waals surface area contributed by atoms with Gasteiger partial charge in [-0.2, -0.15) is 21.4 Å². The summed E-state index contributed by atoms with van der Waals surface area (Å²) in [6, 6.07) is 15.3. The van der Waals surface area contributed by atoms with Gasteiger partial charge in [-0.05, 0) is 73.5 Å². The van der Waals surface area contributed by atoms with E-state index < -0.39 is 37.3 Å². The van der Waals surface area contributed by atoms with Crippen LogP contribution in [0.4, 0.5) is 5.69 Å². The predicted octanol–water partition coefficient (Wildman–Crippen LogP) is 5.76. The Hall–Kier alpha value is -3.29. The van der Waals surface area contributed by atoms with Crippen LogP contribution in [0.25, 0.3) is 21.0 Å². The van der Waals surface area contributed by atoms with Gasteiger partial charge in [0.15, 0.2) is 5.75 Å². The molecule has 3 aromatic carbocycles. The van der Waals surface area contributed by atoms with Gasteiger partial charge < -0.3 is 9.64 Å². The maximum absolute atomic E-state index is 12.9. The number of aryl methyl sites for hydroxylation is 2. The van der Waals surface area contributed by atoms with Gasteiger partial charge in [0.25, 0.3) is 15.5 Å². The Morgan fingerprint density at radius 1 is 1.10 bits per heavy atom. The number of benzene rings is 3. The van der Waals surface area contributed by atoms with Crippen LogP contribution < -0.4 is 14.2 Å². The number of aromatic nitrogens is 1. The average molecular weight is 629 g/mol. The van der Waals surface area contributed by atoms with E-state index in [9.17, 15) is 25.9 Å². The standard InChI is InChI=1S/C30H31N2O7S3/c1-5-22(17-28-31(12-13-41(33,34)35)25-15-19(2)20(3)16-26(25)39-28)14-21(4)30(42(36,37)38)32-18-40-27-11-10-23-8-6-7-9-24(23)29(27)32/h6-11,14-18,21,30H,4-5,12-13H2,1-3H3,(H-,33,34,35,36,37,38)/p+1. The summed E-state index contributed by atoms with van der Waals surface area (Å²) in [5.41, 5.74) is 5.69. The molecule has 0 amide bonds. The van der Waals surface area contributed by atoms with Crippen LogP contribution in [0.3, 0.4) is 0 Å². The number of rotatable bonds is 9. The number of anilines is 1. The van der Waals surface area contributed by atoms with Crippen LogP contribution in [0.15, 0.2) is 77.6 Å². The van der Waals surface area contributed by atoms with Crippen LogP contribution in [0.5, 0.6) is 5.75 Å². The topological polar surface area (TPSA) is 125 Å². The van der Waals surface area contributed by atoms with Gasteiger partial charge in [0, 0.05) is 12.6 Å². The van der Waals surface area contributed by atoms with Crippen molar-refractivity contribution in [1.82, 2.24) is 0 Å². The summed E-state index contributed by atoms with van der Waals surface area (Å²) in [5.74, 6) is -0.538. The van der Waals surface area contributed by atoms with Crippen LogP contribution in [0.2, 0.25) is 0 Å². The zero-order valence-electron chi connectivity index (χ0n) is 23.4. The first-order chi connectivity index (χ1) is 19.8. The van der Waals surface area contributed by atoms with Crippen LogP contribution >= 0.6 is 11.3 Å². The second kappa shape index (κ2) is 11.4. The zero-order chi connectivity index (χ0) is 30.4. The molecule has 12 heteroatoms. The lowest BCUT2D eigenvalue weighted by atomic mass is 10.0. The van der Waals surface area contributed by atoms with Gasteiger partial charge in [-0.3, -0.25) is 9.11 Å². The lowest BCUT2D eigenvalue weighted by molar-refractivity contribution is -0.676. The zero-order valence-corrected chi connectivity index (χ0v) is 25.8. The number of allylic oxidation sites excluding steroid dienone is 3. The van der Waals surface area contributed by atoms with Gasteiger partial charge in [0.1, 0.15) is 4.70 Å². The third-order valence-corrected chi connectivity index (χ3v) is 10.2. The molecule has 4 aromatic rings. The lowest BCUT2D eigenvalue weighted by Crippen LogP contribution is -2.46. The molecule has 0 fully saturated rings. The van der Waals surface area contributed by atoms with Crippen LogP contribution in [-0.4, -0.2) is 38.2 Å². The van der Waals surface area contributed by atoms with Gasteiger partial charge >= 0.3 is 10.1 Å². The lowest BCUT2D eigenvalue weighted by Gasteiger charge is -2.19. The van der Waals surface area contributed by atoms with Crippen molar-refractivity contribution in [2.45, 2.75) is 32.6 Å². The van der Waals surface area contributed by atoms with Crippen molar-refractivity contribution in [2.24, 2.45) is 5.92 Å². The van der Waals surface area contributed by atoms with Gasteiger partial charge in [-0.1, -0.05) is 48.6 Å². The molecular weight excluding hydrogens is 597 g/mol. The van der Waals surface area contributed by atoms with E-state index in [-0.39, 0.29) is 6.54 Å². The Kier molecular flexibility index (Phi) is 8.20. The van der Waals surface area contributed by atoms with E-state index in [1.165, 1.54) is 11.3 Å². The molecule has 2 N–H and O–H groups in total. The van der Waals surface area contributed by atoms with Crippen LogP contribution in [0, 0.1) is 26.7 Å². The number of fused-ring (bicyclic) bond motifs is 4. The second-order valence-corrected chi connectivity index (χ2v) is 14.3. The fourth-order valence-corrected chi connectivity index (χ4v) is 7.60. The van der Waals surface area contributed by atoms with Crippen molar-refractivity contribution in [3.05, 3.63) is 95.7 Å². The molecule has 1 aliphatic rings. The summed E-state index contributed by atoms with van der Waals surface area (Å²) < 4.78 is 77.3. The first-order valence-corrected chi connectivity index (χ1v) is 17.3. The molecule has 1 radical (unpaired) electrons. The van der Waals surface area contributed by atoms with Crippen molar-refractivity contribution < 1.29 is 35.2 Å². The molecule has 2 unspecified atom stereocenters. The highest BCUT2D eigenvalue weighted by atomic mass is 32.2. The number of ether oxygens (including phenoxy) is 1. The summed E-state index contributed by atoms with van der Waals surface area (Å²) in [5, 5.41) is 0.394. The molecule has 2 atom stereocenters. The van der Waals surface area contributed by atoms with Crippen molar-refractivity contribution in [1.29, 1.82) is 0 Å². The van der Waals surface area contributed by atoms with Crippen molar-refractivity contribution in [3.8, 4) is 5.75 Å². The van der Waals surface area contributed by atoms with Gasteiger partial charge in [0.05, 0.1) is 22.7 Å². The summed E-state index contributed by atoms with van der Waals surface area (Å²) in [7, 11) is -8.85. The molecule has 9 nitrogen and oxygen atoms in total. The first-order valence-electron chi connectivity index (χ1n) is 13.3. The Bertz CT molecular complexity index is 1960. The maximum Gasteiger partial charge on any atom is 0.330 e. The van der Waals surface area contributed by atoms with Gasteiger partial charge in [-0.15, -0.1) is 0 Å². The Morgan fingerprint density at radius 3 is 2.50 bits per heavy atom. The molecular formula is C30H32N2O7S3+. The normalized spacial score (nSPS) is 16.7. The average Bonchev–Trinajstić information content (AvgIpc) is 3.47. The quantitative estimate of drug-likeness (QED) is 0.177. The summed E-state index contributed by atoms with van der Waals surface area (Å²) in [6.07, 6.45) is 3.85. The molecule has 1 aliphatic heterocycles. The molecule has 5 rings (SSSR count). The fraction of sp³-hybridized carbons (Fsp3) is 0.267. The second-order valence-electron chi connectivity index (χ2n) is 10.4. The van der Waals surface area contributed by atoms with Crippen molar-refractivity contribution in [3.63, 3.8) is 0 Å². The van der Waals surface area contributed by atoms with Crippen molar-refractivity contribution >= 4 is 58.2 Å². The Morgan fingerprint density at radius 2 is 1.81 bits per heavy atom. The van der Waals surface area contributed by atoms with E-state index in [1.54, 1.807) is 27.1 Å². The SMILES string of the molecule is [CH2]C(C=C(C=C1Oc2cc(C)c(C)cc2N1CCS(=O)(=O)O)CC)C([n+]1csc2ccc3ccccc3c21)S(=O)(=O)O. The minimum atomic E-state index is -4.61.